The maximum atomic E-state index is 13.4. The minimum atomic E-state index is -0.451. The minimum absolute atomic E-state index is 0.182. The third kappa shape index (κ3) is 3.37. The number of aliphatic hydroxyl groups excluding tert-OH is 1. The second-order valence-corrected chi connectivity index (χ2v) is 5.12. The van der Waals surface area contributed by atoms with Gasteiger partial charge < -0.3 is 10.0 Å². The van der Waals surface area contributed by atoms with Gasteiger partial charge in [-0.15, -0.1) is 0 Å². The Kier molecular flexibility index (Phi) is 4.75. The number of hydrogen-bond donors (Lipinski definition) is 1. The fraction of sp³-hybridized carbons (Fsp3) is 0.438. The molecule has 0 bridgehead atoms. The lowest BCUT2D eigenvalue weighted by atomic mass is 9.98. The maximum absolute atomic E-state index is 13.4. The average molecular weight is 275 g/mol. The number of amides is 1. The first-order chi connectivity index (χ1) is 9.61. The molecule has 4 heteroatoms. The first-order valence-electron chi connectivity index (χ1n) is 6.80. The molecular formula is C16H18FNO2. The number of hydrogen-bond acceptors (Lipinski definition) is 2. The third-order valence-corrected chi connectivity index (χ3v) is 3.58. The molecule has 0 unspecified atom stereocenters. The number of carbonyl (C=O) groups is 1. The van der Waals surface area contributed by atoms with Gasteiger partial charge in [-0.1, -0.05) is 18.8 Å². The molecular weight excluding hydrogens is 257 g/mol. The zero-order valence-corrected chi connectivity index (χ0v) is 11.5. The highest BCUT2D eigenvalue weighted by Gasteiger charge is 2.23. The van der Waals surface area contributed by atoms with Crippen LogP contribution < -0.4 is 0 Å². The topological polar surface area (TPSA) is 40.5 Å². The molecule has 0 spiro atoms. The van der Waals surface area contributed by atoms with Gasteiger partial charge in [0.2, 0.25) is 0 Å². The summed E-state index contributed by atoms with van der Waals surface area (Å²) in [7, 11) is 0. The molecule has 1 fully saturated rings. The fourth-order valence-electron chi connectivity index (χ4n) is 2.32. The van der Waals surface area contributed by atoms with Crippen LogP contribution in [0.2, 0.25) is 0 Å². The molecule has 1 aromatic carbocycles. The summed E-state index contributed by atoms with van der Waals surface area (Å²) >= 11 is 0. The van der Waals surface area contributed by atoms with Crippen molar-refractivity contribution in [3.05, 3.63) is 35.1 Å². The Hall–Kier alpha value is -1.86. The van der Waals surface area contributed by atoms with Gasteiger partial charge >= 0.3 is 0 Å². The van der Waals surface area contributed by atoms with Crippen molar-refractivity contribution in [2.75, 3.05) is 19.7 Å². The van der Waals surface area contributed by atoms with Crippen LogP contribution in [0.3, 0.4) is 0 Å². The molecule has 1 aromatic rings. The van der Waals surface area contributed by atoms with Gasteiger partial charge in [-0.2, -0.15) is 0 Å². The van der Waals surface area contributed by atoms with E-state index in [0.717, 1.165) is 12.8 Å². The zero-order chi connectivity index (χ0) is 14.5. The van der Waals surface area contributed by atoms with Crippen molar-refractivity contribution in [1.29, 1.82) is 0 Å². The number of halogens is 1. The van der Waals surface area contributed by atoms with Crippen molar-refractivity contribution in [2.45, 2.75) is 19.8 Å². The van der Waals surface area contributed by atoms with Gasteiger partial charge in [0.25, 0.3) is 5.91 Å². The second kappa shape index (κ2) is 6.53. The second-order valence-electron chi connectivity index (χ2n) is 5.12. The maximum Gasteiger partial charge on any atom is 0.255 e. The fourth-order valence-corrected chi connectivity index (χ4v) is 2.32. The van der Waals surface area contributed by atoms with Crippen molar-refractivity contribution in [3.63, 3.8) is 0 Å². The Morgan fingerprint density at radius 2 is 2.15 bits per heavy atom. The lowest BCUT2D eigenvalue weighted by Gasteiger charge is -2.30. The van der Waals surface area contributed by atoms with Crippen molar-refractivity contribution in [1.82, 2.24) is 4.90 Å². The first kappa shape index (κ1) is 14.5. The summed E-state index contributed by atoms with van der Waals surface area (Å²) in [5.41, 5.74) is 0.740. The van der Waals surface area contributed by atoms with Crippen LogP contribution in [0.25, 0.3) is 0 Å². The minimum Gasteiger partial charge on any atom is -0.384 e. The Labute approximate surface area is 118 Å². The summed E-state index contributed by atoms with van der Waals surface area (Å²) < 4.78 is 13.4. The number of piperidine rings is 1. The monoisotopic (exact) mass is 275 g/mol. The Bertz CT molecular complexity index is 551. The van der Waals surface area contributed by atoms with Gasteiger partial charge in [-0.05, 0) is 37.0 Å². The largest absolute Gasteiger partial charge is 0.384 e. The Morgan fingerprint density at radius 1 is 1.45 bits per heavy atom. The number of likely N-dealkylation sites (tertiary alicyclic amines) is 1. The van der Waals surface area contributed by atoms with E-state index in [1.54, 1.807) is 4.90 Å². The highest BCUT2D eigenvalue weighted by atomic mass is 19.1. The lowest BCUT2D eigenvalue weighted by Crippen LogP contribution is -2.38. The van der Waals surface area contributed by atoms with E-state index in [1.807, 2.05) is 0 Å². The van der Waals surface area contributed by atoms with E-state index in [0.29, 0.717) is 24.6 Å². The van der Waals surface area contributed by atoms with Crippen molar-refractivity contribution in [3.8, 4) is 11.8 Å². The first-order valence-corrected chi connectivity index (χ1v) is 6.80. The van der Waals surface area contributed by atoms with Gasteiger partial charge in [0, 0.05) is 18.7 Å². The molecule has 1 amide bonds. The highest BCUT2D eigenvalue weighted by molar-refractivity contribution is 5.96. The van der Waals surface area contributed by atoms with Crippen LogP contribution in [0.1, 0.15) is 35.7 Å². The van der Waals surface area contributed by atoms with E-state index in [9.17, 15) is 9.18 Å². The van der Waals surface area contributed by atoms with Crippen LogP contribution in [-0.2, 0) is 0 Å². The van der Waals surface area contributed by atoms with Crippen molar-refractivity contribution >= 4 is 5.91 Å². The molecule has 1 aliphatic rings. The number of benzene rings is 1. The molecule has 106 valence electrons. The normalized spacial score (nSPS) is 15.7. The molecule has 1 saturated heterocycles. The molecule has 0 aromatic heterocycles. The van der Waals surface area contributed by atoms with Crippen LogP contribution in [0.15, 0.2) is 18.2 Å². The molecule has 1 heterocycles. The number of rotatable bonds is 1. The van der Waals surface area contributed by atoms with Gasteiger partial charge in [-0.25, -0.2) is 4.39 Å². The van der Waals surface area contributed by atoms with Crippen LogP contribution in [-0.4, -0.2) is 35.6 Å². The predicted molar refractivity (Wildman–Crippen MR) is 74.7 cm³/mol. The molecule has 1 aliphatic heterocycles. The molecule has 0 aliphatic carbocycles. The van der Waals surface area contributed by atoms with Crippen molar-refractivity contribution < 1.29 is 14.3 Å². The Balaban J connectivity index is 2.26. The lowest BCUT2D eigenvalue weighted by molar-refractivity contribution is 0.0696. The van der Waals surface area contributed by atoms with Crippen molar-refractivity contribution in [2.24, 2.45) is 5.92 Å². The summed E-state index contributed by atoms with van der Waals surface area (Å²) in [6.45, 7) is 3.28. The molecule has 1 N–H and O–H groups in total. The summed E-state index contributed by atoms with van der Waals surface area (Å²) in [5.74, 6) is 5.20. The SMILES string of the molecule is CC1CCN(C(=O)c2cc(F)ccc2C#CCO)CC1. The summed E-state index contributed by atoms with van der Waals surface area (Å²) in [6.07, 6.45) is 1.94. The number of aliphatic hydroxyl groups is 1. The third-order valence-electron chi connectivity index (χ3n) is 3.58. The number of nitrogens with zero attached hydrogens (tertiary/aromatic N) is 1. The van der Waals surface area contributed by atoms with Gasteiger partial charge in [0.1, 0.15) is 12.4 Å². The molecule has 0 radical (unpaired) electrons. The van der Waals surface area contributed by atoms with E-state index >= 15 is 0 Å². The standard InChI is InChI=1S/C16H18FNO2/c1-12-6-8-18(9-7-12)16(20)15-11-14(17)5-4-13(15)3-2-10-19/h4-5,11-12,19H,6-10H2,1H3. The molecule has 3 nitrogen and oxygen atoms in total. The van der Waals surface area contributed by atoms with Crippen LogP contribution >= 0.6 is 0 Å². The van der Waals surface area contributed by atoms with E-state index in [2.05, 4.69) is 18.8 Å². The van der Waals surface area contributed by atoms with Crippen LogP contribution in [0, 0.1) is 23.6 Å². The van der Waals surface area contributed by atoms with Gasteiger partial charge in [-0.3, -0.25) is 4.79 Å². The smallest absolute Gasteiger partial charge is 0.255 e. The Morgan fingerprint density at radius 3 is 2.80 bits per heavy atom. The van der Waals surface area contributed by atoms with E-state index in [-0.39, 0.29) is 18.1 Å². The molecule has 0 atom stereocenters. The number of carbonyl (C=O) groups excluding carboxylic acids is 1. The highest BCUT2D eigenvalue weighted by Crippen LogP contribution is 2.20. The van der Waals surface area contributed by atoms with E-state index < -0.39 is 5.82 Å². The van der Waals surface area contributed by atoms with Crippen LogP contribution in [0.4, 0.5) is 4.39 Å². The zero-order valence-electron chi connectivity index (χ0n) is 11.5. The summed E-state index contributed by atoms with van der Waals surface area (Å²) in [6, 6.07) is 3.98. The van der Waals surface area contributed by atoms with Gasteiger partial charge in [0.15, 0.2) is 0 Å². The van der Waals surface area contributed by atoms with E-state index in [4.69, 9.17) is 5.11 Å². The predicted octanol–water partition coefficient (Wildman–Crippen LogP) is 2.04. The summed E-state index contributed by atoms with van der Waals surface area (Å²) in [5, 5.41) is 8.75. The van der Waals surface area contributed by atoms with Gasteiger partial charge in [0.05, 0.1) is 5.56 Å². The molecule has 0 saturated carbocycles. The molecule has 2 rings (SSSR count). The average Bonchev–Trinajstić information content (AvgIpc) is 2.46. The molecule has 20 heavy (non-hydrogen) atoms. The summed E-state index contributed by atoms with van der Waals surface area (Å²) in [4.78, 5) is 14.2. The van der Waals surface area contributed by atoms with Crippen LogP contribution in [0.5, 0.6) is 0 Å². The van der Waals surface area contributed by atoms with E-state index in [1.165, 1.54) is 18.2 Å². The quantitative estimate of drug-likeness (QED) is 0.797.